The summed E-state index contributed by atoms with van der Waals surface area (Å²) < 4.78 is 0. The van der Waals surface area contributed by atoms with Crippen LogP contribution in [0, 0.1) is 11.8 Å². The van der Waals surface area contributed by atoms with Crippen molar-refractivity contribution in [3.8, 4) is 0 Å². The van der Waals surface area contributed by atoms with E-state index in [1.54, 1.807) is 0 Å². The van der Waals surface area contributed by atoms with Crippen LogP contribution < -0.4 is 5.48 Å². The third-order valence-corrected chi connectivity index (χ3v) is 2.51. The van der Waals surface area contributed by atoms with Gasteiger partial charge in [-0.05, 0) is 18.8 Å². The van der Waals surface area contributed by atoms with Crippen molar-refractivity contribution in [3.63, 3.8) is 0 Å². The molecule has 0 heterocycles. The smallest absolute Gasteiger partial charge is 0.246 e. The standard InChI is InChI=1S/C9H17NO2/c1-7-4-3-5-8(6-7)9(11)10-12-2/h7-8H,3-6H2,1-2H3,(H,10,11). The Balaban J connectivity index is 2.35. The molecule has 0 aromatic rings. The lowest BCUT2D eigenvalue weighted by atomic mass is 9.82. The molecule has 0 aliphatic heterocycles. The van der Waals surface area contributed by atoms with E-state index in [-0.39, 0.29) is 11.8 Å². The first-order chi connectivity index (χ1) is 5.74. The highest BCUT2D eigenvalue weighted by Gasteiger charge is 2.24. The Hall–Kier alpha value is -0.570. The van der Waals surface area contributed by atoms with E-state index in [1.807, 2.05) is 0 Å². The number of rotatable bonds is 2. The van der Waals surface area contributed by atoms with Gasteiger partial charge >= 0.3 is 0 Å². The zero-order valence-corrected chi connectivity index (χ0v) is 7.80. The van der Waals surface area contributed by atoms with E-state index in [0.29, 0.717) is 5.92 Å². The van der Waals surface area contributed by atoms with E-state index in [1.165, 1.54) is 20.0 Å². The lowest BCUT2D eigenvalue weighted by Gasteiger charge is -2.25. The lowest BCUT2D eigenvalue weighted by molar-refractivity contribution is -0.137. The number of hydrogen-bond donors (Lipinski definition) is 1. The number of hydrogen-bond acceptors (Lipinski definition) is 2. The van der Waals surface area contributed by atoms with Gasteiger partial charge in [-0.25, -0.2) is 5.48 Å². The molecule has 1 fully saturated rings. The molecule has 1 aliphatic rings. The van der Waals surface area contributed by atoms with Crippen molar-refractivity contribution in [2.75, 3.05) is 7.11 Å². The van der Waals surface area contributed by atoms with Crippen molar-refractivity contribution in [1.82, 2.24) is 5.48 Å². The maximum atomic E-state index is 11.3. The summed E-state index contributed by atoms with van der Waals surface area (Å²) in [5, 5.41) is 0. The Labute approximate surface area is 73.4 Å². The van der Waals surface area contributed by atoms with E-state index < -0.39 is 0 Å². The largest absolute Gasteiger partial charge is 0.277 e. The van der Waals surface area contributed by atoms with Crippen LogP contribution in [0.4, 0.5) is 0 Å². The summed E-state index contributed by atoms with van der Waals surface area (Å²) >= 11 is 0. The average molecular weight is 171 g/mol. The van der Waals surface area contributed by atoms with Crippen molar-refractivity contribution in [3.05, 3.63) is 0 Å². The van der Waals surface area contributed by atoms with Crippen LogP contribution in [0.2, 0.25) is 0 Å². The molecule has 3 nitrogen and oxygen atoms in total. The van der Waals surface area contributed by atoms with Crippen LogP contribution in [0.3, 0.4) is 0 Å². The predicted octanol–water partition coefficient (Wildman–Crippen LogP) is 1.49. The summed E-state index contributed by atoms with van der Waals surface area (Å²) in [5.41, 5.74) is 2.40. The number of nitrogens with one attached hydrogen (secondary N) is 1. The molecule has 0 bridgehead atoms. The van der Waals surface area contributed by atoms with Gasteiger partial charge in [-0.2, -0.15) is 0 Å². The molecule has 0 spiro atoms. The topological polar surface area (TPSA) is 38.3 Å². The Morgan fingerprint density at radius 1 is 1.50 bits per heavy atom. The van der Waals surface area contributed by atoms with Crippen LogP contribution in [0.1, 0.15) is 32.6 Å². The minimum absolute atomic E-state index is 0.0454. The highest BCUT2D eigenvalue weighted by atomic mass is 16.6. The highest BCUT2D eigenvalue weighted by Crippen LogP contribution is 2.28. The van der Waals surface area contributed by atoms with E-state index in [2.05, 4.69) is 17.2 Å². The van der Waals surface area contributed by atoms with Crippen LogP contribution in [-0.4, -0.2) is 13.0 Å². The lowest BCUT2D eigenvalue weighted by Crippen LogP contribution is -2.32. The van der Waals surface area contributed by atoms with Gasteiger partial charge < -0.3 is 0 Å². The highest BCUT2D eigenvalue weighted by molar-refractivity contribution is 5.77. The molecule has 0 aromatic heterocycles. The third-order valence-electron chi connectivity index (χ3n) is 2.51. The summed E-state index contributed by atoms with van der Waals surface area (Å²) in [5.74, 6) is 0.907. The second-order valence-electron chi connectivity index (χ2n) is 3.64. The SMILES string of the molecule is CONC(=O)C1CCCC(C)C1. The summed E-state index contributed by atoms with van der Waals surface area (Å²) in [7, 11) is 1.48. The average Bonchev–Trinajstić information content (AvgIpc) is 2.05. The van der Waals surface area contributed by atoms with Gasteiger partial charge in [-0.1, -0.05) is 19.8 Å². The van der Waals surface area contributed by atoms with E-state index >= 15 is 0 Å². The molecule has 1 rings (SSSR count). The summed E-state index contributed by atoms with van der Waals surface area (Å²) in [4.78, 5) is 15.9. The fourth-order valence-electron chi connectivity index (χ4n) is 1.86. The van der Waals surface area contributed by atoms with Gasteiger partial charge in [0.05, 0.1) is 7.11 Å². The Morgan fingerprint density at radius 2 is 2.25 bits per heavy atom. The zero-order chi connectivity index (χ0) is 8.97. The molecule has 2 unspecified atom stereocenters. The first kappa shape index (κ1) is 9.52. The molecule has 3 heteroatoms. The minimum Gasteiger partial charge on any atom is -0.277 e. The van der Waals surface area contributed by atoms with Crippen molar-refractivity contribution >= 4 is 5.91 Å². The van der Waals surface area contributed by atoms with Crippen LogP contribution in [0.5, 0.6) is 0 Å². The molecule has 0 aromatic carbocycles. The fourth-order valence-corrected chi connectivity index (χ4v) is 1.86. The first-order valence-corrected chi connectivity index (χ1v) is 4.57. The van der Waals surface area contributed by atoms with E-state index in [9.17, 15) is 4.79 Å². The minimum atomic E-state index is 0.0454. The Bertz CT molecular complexity index is 159. The second-order valence-corrected chi connectivity index (χ2v) is 3.64. The molecule has 70 valence electrons. The molecular formula is C9H17NO2. The van der Waals surface area contributed by atoms with Crippen molar-refractivity contribution in [1.29, 1.82) is 0 Å². The van der Waals surface area contributed by atoms with E-state index in [4.69, 9.17) is 0 Å². The Kier molecular flexibility index (Phi) is 3.53. The van der Waals surface area contributed by atoms with Crippen LogP contribution in [0.15, 0.2) is 0 Å². The number of hydroxylamine groups is 1. The number of amides is 1. The quantitative estimate of drug-likeness (QED) is 0.639. The second kappa shape index (κ2) is 4.45. The van der Waals surface area contributed by atoms with Crippen molar-refractivity contribution in [2.45, 2.75) is 32.6 Å². The number of carbonyl (C=O) groups excluding carboxylic acids is 1. The molecule has 1 N–H and O–H groups in total. The van der Waals surface area contributed by atoms with Gasteiger partial charge in [-0.3, -0.25) is 9.63 Å². The molecule has 1 amide bonds. The third kappa shape index (κ3) is 2.48. The summed E-state index contributed by atoms with van der Waals surface area (Å²) in [6.45, 7) is 2.20. The zero-order valence-electron chi connectivity index (χ0n) is 7.80. The number of carbonyl (C=O) groups is 1. The molecular weight excluding hydrogens is 154 g/mol. The molecule has 2 atom stereocenters. The maximum absolute atomic E-state index is 11.3. The molecule has 12 heavy (non-hydrogen) atoms. The van der Waals surface area contributed by atoms with Crippen molar-refractivity contribution in [2.24, 2.45) is 11.8 Å². The predicted molar refractivity (Wildman–Crippen MR) is 46.3 cm³/mol. The maximum Gasteiger partial charge on any atom is 0.246 e. The fraction of sp³-hybridized carbons (Fsp3) is 0.889. The van der Waals surface area contributed by atoms with Gasteiger partial charge in [0.15, 0.2) is 0 Å². The Morgan fingerprint density at radius 3 is 2.83 bits per heavy atom. The summed E-state index contributed by atoms with van der Waals surface area (Å²) in [6, 6.07) is 0. The van der Waals surface area contributed by atoms with Gasteiger partial charge in [0, 0.05) is 5.92 Å². The molecule has 0 saturated heterocycles. The van der Waals surface area contributed by atoms with Gasteiger partial charge in [0.25, 0.3) is 0 Å². The van der Waals surface area contributed by atoms with Gasteiger partial charge in [0.2, 0.25) is 5.91 Å². The van der Waals surface area contributed by atoms with Gasteiger partial charge in [0.1, 0.15) is 0 Å². The normalized spacial score (nSPS) is 29.8. The molecule has 1 aliphatic carbocycles. The van der Waals surface area contributed by atoms with Crippen LogP contribution in [0.25, 0.3) is 0 Å². The molecule has 0 radical (unpaired) electrons. The molecule has 1 saturated carbocycles. The van der Waals surface area contributed by atoms with Crippen LogP contribution >= 0.6 is 0 Å². The first-order valence-electron chi connectivity index (χ1n) is 4.57. The van der Waals surface area contributed by atoms with Gasteiger partial charge in [-0.15, -0.1) is 0 Å². The van der Waals surface area contributed by atoms with E-state index in [0.717, 1.165) is 12.8 Å². The summed E-state index contributed by atoms with van der Waals surface area (Å²) in [6.07, 6.45) is 4.45. The monoisotopic (exact) mass is 171 g/mol. The van der Waals surface area contributed by atoms with Crippen LogP contribution in [-0.2, 0) is 9.63 Å². The van der Waals surface area contributed by atoms with Crippen molar-refractivity contribution < 1.29 is 9.63 Å².